The predicted molar refractivity (Wildman–Crippen MR) is 102 cm³/mol. The Hall–Kier alpha value is -1.16. The van der Waals surface area contributed by atoms with Crippen molar-refractivity contribution in [1.29, 1.82) is 0 Å². The molecule has 6 nitrogen and oxygen atoms in total. The number of hydrogen-bond acceptors (Lipinski definition) is 6. The summed E-state index contributed by atoms with van der Waals surface area (Å²) in [4.78, 5) is 0. The second-order valence-electron chi connectivity index (χ2n) is 3.39. The van der Waals surface area contributed by atoms with E-state index in [9.17, 15) is 8.42 Å². The molecule has 0 aliphatic carbocycles. The lowest BCUT2D eigenvalue weighted by molar-refractivity contribution is -0.432. The first-order valence-corrected chi connectivity index (χ1v) is 10.3. The van der Waals surface area contributed by atoms with Crippen molar-refractivity contribution in [2.75, 3.05) is 12.5 Å². The van der Waals surface area contributed by atoms with Crippen molar-refractivity contribution in [3.63, 3.8) is 0 Å². The van der Waals surface area contributed by atoms with Crippen LogP contribution >= 0.6 is 12.0 Å². The molecule has 0 unspecified atom stereocenters. The largest absolute Gasteiger partial charge is 0.286 e. The van der Waals surface area contributed by atoms with Crippen LogP contribution in [0.1, 0.15) is 27.7 Å². The Morgan fingerprint density at radius 3 is 1.25 bits per heavy atom. The van der Waals surface area contributed by atoms with Crippen LogP contribution in [0.5, 0.6) is 0 Å². The molecular formula is C16H28O6S2. The molecule has 8 heteroatoms. The van der Waals surface area contributed by atoms with Crippen LogP contribution in [-0.2, 0) is 19.5 Å². The molecule has 2 N–H and O–H groups in total. The highest BCUT2D eigenvalue weighted by atomic mass is 32.2. The van der Waals surface area contributed by atoms with Crippen LogP contribution < -0.4 is 0 Å². The van der Waals surface area contributed by atoms with Gasteiger partial charge in [0.05, 0.1) is 6.26 Å². The van der Waals surface area contributed by atoms with Crippen LogP contribution in [0.15, 0.2) is 48.5 Å². The Morgan fingerprint density at radius 2 is 1.12 bits per heavy atom. The van der Waals surface area contributed by atoms with Crippen LogP contribution in [0.25, 0.3) is 10.8 Å². The standard InChI is InChI=1S/C10H8.2C2H6.2CH4O3S/c1-2-6-10-8-4-3-7-9(10)5-1;2*1-2;1-5(2,3)4;1-5-4-3-2/h1-8H;2*1-2H3;1H3,(H,2,3,4);2H,1H3. The topological polar surface area (TPSA) is 93.1 Å². The van der Waals surface area contributed by atoms with Gasteiger partial charge in [-0.1, -0.05) is 81.3 Å². The van der Waals surface area contributed by atoms with E-state index < -0.39 is 10.1 Å². The zero-order chi connectivity index (χ0) is 19.4. The molecule has 0 spiro atoms. The number of fused-ring (bicyclic) bond motifs is 1. The van der Waals surface area contributed by atoms with Gasteiger partial charge in [0.2, 0.25) is 0 Å². The second-order valence-corrected chi connectivity index (χ2v) is 5.32. The fraction of sp³-hybridized carbons (Fsp3) is 0.375. The van der Waals surface area contributed by atoms with Crippen LogP contribution in [-0.4, -0.2) is 30.7 Å². The van der Waals surface area contributed by atoms with E-state index in [1.807, 2.05) is 27.7 Å². The molecule has 0 aliphatic rings. The minimum atomic E-state index is -3.67. The second kappa shape index (κ2) is 19.9. The maximum Gasteiger partial charge on any atom is 0.261 e. The van der Waals surface area contributed by atoms with Crippen molar-refractivity contribution in [3.05, 3.63) is 48.5 Å². The monoisotopic (exact) mass is 380 g/mol. The summed E-state index contributed by atoms with van der Waals surface area (Å²) in [7, 11) is -3.67. The third-order valence-corrected chi connectivity index (χ3v) is 1.95. The summed E-state index contributed by atoms with van der Waals surface area (Å²) in [5.41, 5.74) is 0. The molecule has 0 aliphatic heterocycles. The first-order valence-electron chi connectivity index (χ1n) is 7.25. The van der Waals surface area contributed by atoms with E-state index in [0.29, 0.717) is 6.26 Å². The summed E-state index contributed by atoms with van der Waals surface area (Å²) < 4.78 is 29.7. The maximum atomic E-state index is 9.19. The van der Waals surface area contributed by atoms with E-state index in [1.54, 1.807) is 6.26 Å². The summed E-state index contributed by atoms with van der Waals surface area (Å²) in [6, 6.07) is 16.7. The Morgan fingerprint density at radius 1 is 0.875 bits per heavy atom. The molecule has 0 aromatic heterocycles. The molecule has 140 valence electrons. The molecule has 0 atom stereocenters. The average Bonchev–Trinajstić information content (AvgIpc) is 2.58. The molecule has 0 heterocycles. The lowest BCUT2D eigenvalue weighted by Crippen LogP contribution is -1.88. The van der Waals surface area contributed by atoms with E-state index >= 15 is 0 Å². The maximum absolute atomic E-state index is 9.19. The van der Waals surface area contributed by atoms with Crippen LogP contribution in [0.2, 0.25) is 0 Å². The van der Waals surface area contributed by atoms with Crippen molar-refractivity contribution in [2.24, 2.45) is 0 Å². The SMILES string of the molecule is CC.CC.CS(=O)(=O)O.CSOOO.c1ccc2ccccc2c1. The summed E-state index contributed by atoms with van der Waals surface area (Å²) in [6.45, 7) is 8.00. The van der Waals surface area contributed by atoms with Gasteiger partial charge in [-0.3, -0.25) is 4.55 Å². The van der Waals surface area contributed by atoms with Gasteiger partial charge in [-0.05, 0) is 10.8 Å². The van der Waals surface area contributed by atoms with E-state index in [2.05, 4.69) is 57.9 Å². The molecule has 0 saturated heterocycles. The average molecular weight is 381 g/mol. The summed E-state index contributed by atoms with van der Waals surface area (Å²) in [5, 5.41) is 13.1. The molecule has 2 rings (SSSR count). The fourth-order valence-corrected chi connectivity index (χ4v) is 1.22. The van der Waals surface area contributed by atoms with Gasteiger partial charge in [0.1, 0.15) is 0 Å². The van der Waals surface area contributed by atoms with E-state index in [0.717, 1.165) is 12.0 Å². The molecule has 0 radical (unpaired) electrons. The molecule has 0 bridgehead atoms. The molecule has 0 fully saturated rings. The van der Waals surface area contributed by atoms with Gasteiger partial charge in [0, 0.05) is 18.3 Å². The lowest BCUT2D eigenvalue weighted by atomic mass is 10.1. The Bertz CT molecular complexity index is 512. The summed E-state index contributed by atoms with van der Waals surface area (Å²) in [6.07, 6.45) is 2.34. The summed E-state index contributed by atoms with van der Waals surface area (Å²) >= 11 is 0.929. The van der Waals surface area contributed by atoms with Gasteiger partial charge in [-0.15, -0.1) is 4.33 Å². The highest BCUT2D eigenvalue weighted by Gasteiger charge is 1.85. The third-order valence-electron chi connectivity index (χ3n) is 1.76. The van der Waals surface area contributed by atoms with Crippen LogP contribution in [0.3, 0.4) is 0 Å². The molecule has 0 saturated carbocycles. The van der Waals surface area contributed by atoms with Gasteiger partial charge in [-0.2, -0.15) is 8.42 Å². The fourth-order valence-electron chi connectivity index (χ4n) is 1.16. The van der Waals surface area contributed by atoms with Gasteiger partial charge in [-0.25, -0.2) is 5.26 Å². The van der Waals surface area contributed by atoms with Gasteiger partial charge in [0.25, 0.3) is 10.1 Å². The molecule has 2 aromatic rings. The van der Waals surface area contributed by atoms with E-state index in [-0.39, 0.29) is 0 Å². The van der Waals surface area contributed by atoms with E-state index in [4.69, 9.17) is 9.81 Å². The van der Waals surface area contributed by atoms with Crippen molar-refractivity contribution >= 4 is 32.9 Å². The first kappa shape index (κ1) is 27.7. The Labute approximate surface area is 149 Å². The molecular weight excluding hydrogens is 352 g/mol. The minimum absolute atomic E-state index is 0.715. The first-order chi connectivity index (χ1) is 11.4. The Balaban J connectivity index is -0.000000273. The highest BCUT2D eigenvalue weighted by Crippen LogP contribution is 2.11. The van der Waals surface area contributed by atoms with Crippen LogP contribution in [0.4, 0.5) is 0 Å². The van der Waals surface area contributed by atoms with E-state index in [1.165, 1.54) is 10.8 Å². The molecule has 0 amide bonds. The Kier molecular flexibility index (Phi) is 22.9. The lowest BCUT2D eigenvalue weighted by Gasteiger charge is -1.92. The zero-order valence-corrected chi connectivity index (χ0v) is 16.6. The van der Waals surface area contributed by atoms with Crippen molar-refractivity contribution in [1.82, 2.24) is 0 Å². The third kappa shape index (κ3) is 23.1. The smallest absolute Gasteiger partial charge is 0.261 e. The van der Waals surface area contributed by atoms with Gasteiger partial charge < -0.3 is 0 Å². The van der Waals surface area contributed by atoms with Crippen molar-refractivity contribution in [2.45, 2.75) is 27.7 Å². The number of hydrogen-bond donors (Lipinski definition) is 2. The number of rotatable bonds is 2. The predicted octanol–water partition coefficient (Wildman–Crippen LogP) is 5.08. The molecule has 24 heavy (non-hydrogen) atoms. The summed E-state index contributed by atoms with van der Waals surface area (Å²) in [5.74, 6) is 0. The van der Waals surface area contributed by atoms with Crippen molar-refractivity contribution < 1.29 is 27.6 Å². The number of benzene rings is 2. The van der Waals surface area contributed by atoms with Crippen molar-refractivity contribution in [3.8, 4) is 0 Å². The molecule has 2 aromatic carbocycles. The normalized spacial score (nSPS) is 8.83. The zero-order valence-electron chi connectivity index (χ0n) is 15.0. The highest BCUT2D eigenvalue weighted by molar-refractivity contribution is 7.93. The van der Waals surface area contributed by atoms with Gasteiger partial charge in [0.15, 0.2) is 0 Å². The minimum Gasteiger partial charge on any atom is -0.286 e. The quantitative estimate of drug-likeness (QED) is 0.325. The van der Waals surface area contributed by atoms with Crippen LogP contribution in [0, 0.1) is 0 Å². The van der Waals surface area contributed by atoms with Gasteiger partial charge >= 0.3 is 0 Å².